The monoisotopic (exact) mass is 339 g/mol. The number of carboxylic acids is 2. The molecular weight excluding hydrogens is 330 g/mol. The molecule has 1 atom stereocenters. The predicted octanol–water partition coefficient (Wildman–Crippen LogP) is -0.952. The van der Waals surface area contributed by atoms with E-state index in [1.54, 1.807) is 19.1 Å². The van der Waals surface area contributed by atoms with E-state index in [-0.39, 0.29) is 9.23 Å². The molecule has 0 bridgehead atoms. The molecule has 7 nitrogen and oxygen atoms in total. The van der Waals surface area contributed by atoms with Crippen LogP contribution in [-0.4, -0.2) is 33.1 Å². The molecule has 1 aromatic rings. The van der Waals surface area contributed by atoms with Crippen LogP contribution in [0.4, 0.5) is 0 Å². The van der Waals surface area contributed by atoms with Gasteiger partial charge in [0.2, 0.25) is 0 Å². The molecule has 1 aromatic heterocycles. The molecule has 0 unspecified atom stereocenters. The first-order valence-electron chi connectivity index (χ1n) is 6.04. The molecule has 1 saturated heterocycles. The fourth-order valence-corrected chi connectivity index (χ4v) is 3.18. The summed E-state index contributed by atoms with van der Waals surface area (Å²) in [5.74, 6) is -2.99. The van der Waals surface area contributed by atoms with E-state index >= 15 is 0 Å². The van der Waals surface area contributed by atoms with Crippen molar-refractivity contribution in [1.29, 1.82) is 0 Å². The minimum Gasteiger partial charge on any atom is -0.550 e. The summed E-state index contributed by atoms with van der Waals surface area (Å²) in [6, 6.07) is 1.63. The maximum Gasteiger partial charge on any atom is 0.266 e. The molecule has 1 aliphatic heterocycles. The van der Waals surface area contributed by atoms with Crippen LogP contribution in [0.5, 0.6) is 0 Å². The van der Waals surface area contributed by atoms with Gasteiger partial charge in [-0.3, -0.25) is 9.69 Å². The van der Waals surface area contributed by atoms with Gasteiger partial charge in [0.15, 0.2) is 0 Å². The van der Waals surface area contributed by atoms with Gasteiger partial charge in [-0.15, -0.1) is 0 Å². The summed E-state index contributed by atoms with van der Waals surface area (Å²) >= 11 is 5.82. The number of aryl methyl sites for hydroxylation is 1. The lowest BCUT2D eigenvalue weighted by molar-refractivity contribution is -0.319. The standard InChI is InChI=1S/C13H11NO6S2/c1-6-2-3-7(20-6)4-9-11(17)14(13(21)22-9)8(12(18)19)5-10(15)16/h2-4,8H,5H2,1H3,(H,15,16)(H,18,19)/p-2/b9-4-/t8-/m0/s1. The van der Waals surface area contributed by atoms with Crippen molar-refractivity contribution < 1.29 is 29.0 Å². The summed E-state index contributed by atoms with van der Waals surface area (Å²) in [5, 5.41) is 21.7. The molecule has 2 rings (SSSR count). The topological polar surface area (TPSA) is 114 Å². The Balaban J connectivity index is 2.29. The third kappa shape index (κ3) is 3.37. The minimum atomic E-state index is -1.71. The number of aliphatic carboxylic acids is 2. The molecule has 0 saturated carbocycles. The lowest BCUT2D eigenvalue weighted by Crippen LogP contribution is -2.52. The number of nitrogens with zero attached hydrogens (tertiary/aromatic N) is 1. The molecule has 0 aliphatic carbocycles. The van der Waals surface area contributed by atoms with Crippen LogP contribution in [0.15, 0.2) is 21.5 Å². The molecular formula is C13H9NO6S2-2. The highest BCUT2D eigenvalue weighted by Crippen LogP contribution is 2.34. The van der Waals surface area contributed by atoms with Crippen LogP contribution >= 0.6 is 24.0 Å². The molecule has 1 amide bonds. The van der Waals surface area contributed by atoms with E-state index in [0.717, 1.165) is 11.8 Å². The number of hydrogen-bond acceptors (Lipinski definition) is 8. The van der Waals surface area contributed by atoms with Gasteiger partial charge >= 0.3 is 0 Å². The smallest absolute Gasteiger partial charge is 0.266 e. The van der Waals surface area contributed by atoms with E-state index in [0.29, 0.717) is 16.4 Å². The van der Waals surface area contributed by atoms with Crippen molar-refractivity contribution in [3.05, 3.63) is 28.6 Å². The third-order valence-electron chi connectivity index (χ3n) is 2.80. The van der Waals surface area contributed by atoms with Crippen molar-refractivity contribution in [2.75, 3.05) is 0 Å². The molecule has 0 spiro atoms. The van der Waals surface area contributed by atoms with Gasteiger partial charge in [-0.1, -0.05) is 24.0 Å². The van der Waals surface area contributed by atoms with E-state index in [1.165, 1.54) is 6.08 Å². The molecule has 1 fully saturated rings. The van der Waals surface area contributed by atoms with Gasteiger partial charge in [0.05, 0.1) is 16.9 Å². The lowest BCUT2D eigenvalue weighted by atomic mass is 10.2. The van der Waals surface area contributed by atoms with Crippen molar-refractivity contribution in [3.8, 4) is 0 Å². The van der Waals surface area contributed by atoms with Crippen LogP contribution in [-0.2, 0) is 14.4 Å². The summed E-state index contributed by atoms with van der Waals surface area (Å²) in [5.41, 5.74) is 0. The molecule has 1 aliphatic rings. The van der Waals surface area contributed by atoms with Gasteiger partial charge in [0, 0.05) is 18.5 Å². The second-order valence-electron chi connectivity index (χ2n) is 4.41. The molecule has 2 heterocycles. The Hall–Kier alpha value is -2.13. The SMILES string of the molecule is Cc1ccc(/C=C2\SC(=S)N([C@@H](CC(=O)[O-])C(=O)[O-])C2=O)o1. The van der Waals surface area contributed by atoms with Crippen LogP contribution in [0.3, 0.4) is 0 Å². The summed E-state index contributed by atoms with van der Waals surface area (Å²) in [6.45, 7) is 1.73. The first-order valence-corrected chi connectivity index (χ1v) is 7.26. The number of hydrogen-bond donors (Lipinski definition) is 0. The van der Waals surface area contributed by atoms with Gasteiger partial charge in [0.1, 0.15) is 15.8 Å². The van der Waals surface area contributed by atoms with Gasteiger partial charge in [-0.2, -0.15) is 0 Å². The van der Waals surface area contributed by atoms with Crippen LogP contribution in [0, 0.1) is 6.92 Å². The minimum absolute atomic E-state index is 0.0602. The third-order valence-corrected chi connectivity index (χ3v) is 4.13. The van der Waals surface area contributed by atoms with E-state index in [9.17, 15) is 24.6 Å². The number of carbonyl (C=O) groups excluding carboxylic acids is 3. The van der Waals surface area contributed by atoms with E-state index in [1.807, 2.05) is 0 Å². The second kappa shape index (κ2) is 6.32. The van der Waals surface area contributed by atoms with Crippen molar-refractivity contribution in [3.63, 3.8) is 0 Å². The number of amides is 1. The summed E-state index contributed by atoms with van der Waals surface area (Å²) in [6.07, 6.45) is 0.513. The number of carboxylic acid groups (broad SMARTS) is 2. The van der Waals surface area contributed by atoms with Crippen molar-refractivity contribution in [2.24, 2.45) is 0 Å². The molecule has 0 radical (unpaired) electrons. The van der Waals surface area contributed by atoms with Crippen LogP contribution in [0.2, 0.25) is 0 Å². The zero-order chi connectivity index (χ0) is 16.4. The Labute approximate surface area is 134 Å². The number of thiocarbonyl (C=S) groups is 1. The number of rotatable bonds is 5. The Morgan fingerprint density at radius 3 is 2.64 bits per heavy atom. The molecule has 0 N–H and O–H groups in total. The lowest BCUT2D eigenvalue weighted by Gasteiger charge is -2.27. The van der Waals surface area contributed by atoms with Gasteiger partial charge in [0.25, 0.3) is 5.91 Å². The van der Waals surface area contributed by atoms with Gasteiger partial charge in [-0.05, 0) is 19.1 Å². The van der Waals surface area contributed by atoms with Crippen molar-refractivity contribution in [1.82, 2.24) is 4.90 Å². The number of furan rings is 1. The molecule has 9 heteroatoms. The number of carbonyl (C=O) groups is 3. The zero-order valence-electron chi connectivity index (χ0n) is 11.2. The summed E-state index contributed by atoms with van der Waals surface area (Å²) in [4.78, 5) is 34.8. The van der Waals surface area contributed by atoms with Gasteiger partial charge in [-0.25, -0.2) is 0 Å². The second-order valence-corrected chi connectivity index (χ2v) is 6.09. The van der Waals surface area contributed by atoms with Crippen LogP contribution < -0.4 is 10.2 Å². The van der Waals surface area contributed by atoms with Crippen LogP contribution in [0.25, 0.3) is 6.08 Å². The average molecular weight is 339 g/mol. The molecule has 22 heavy (non-hydrogen) atoms. The Kier molecular flexibility index (Phi) is 4.67. The van der Waals surface area contributed by atoms with Crippen LogP contribution in [0.1, 0.15) is 17.9 Å². The highest BCUT2D eigenvalue weighted by Gasteiger charge is 2.38. The Bertz CT molecular complexity index is 692. The summed E-state index contributed by atoms with van der Waals surface area (Å²) < 4.78 is 5.24. The average Bonchev–Trinajstić information content (AvgIpc) is 2.92. The largest absolute Gasteiger partial charge is 0.550 e. The molecule has 116 valence electrons. The fourth-order valence-electron chi connectivity index (χ4n) is 1.85. The van der Waals surface area contributed by atoms with Crippen molar-refractivity contribution >= 4 is 52.2 Å². The fraction of sp³-hybridized carbons (Fsp3) is 0.231. The van der Waals surface area contributed by atoms with E-state index < -0.39 is 30.3 Å². The highest BCUT2D eigenvalue weighted by molar-refractivity contribution is 8.26. The first-order chi connectivity index (χ1) is 10.3. The Morgan fingerprint density at radius 1 is 1.45 bits per heavy atom. The maximum absolute atomic E-state index is 12.3. The normalized spacial score (nSPS) is 18.0. The maximum atomic E-state index is 12.3. The van der Waals surface area contributed by atoms with E-state index in [2.05, 4.69) is 0 Å². The summed E-state index contributed by atoms with van der Waals surface area (Å²) in [7, 11) is 0. The zero-order valence-corrected chi connectivity index (χ0v) is 12.9. The molecule has 0 aromatic carbocycles. The quantitative estimate of drug-likeness (QED) is 0.498. The highest BCUT2D eigenvalue weighted by atomic mass is 32.2. The van der Waals surface area contributed by atoms with Gasteiger partial charge < -0.3 is 24.2 Å². The van der Waals surface area contributed by atoms with E-state index in [4.69, 9.17) is 16.6 Å². The Morgan fingerprint density at radius 2 is 2.14 bits per heavy atom. The first kappa shape index (κ1) is 16.2. The predicted molar refractivity (Wildman–Crippen MR) is 76.9 cm³/mol. The number of thioether (sulfide) groups is 1. The van der Waals surface area contributed by atoms with Crippen molar-refractivity contribution in [2.45, 2.75) is 19.4 Å².